The van der Waals surface area contributed by atoms with Crippen LogP contribution in [0.1, 0.15) is 18.4 Å². The highest BCUT2D eigenvalue weighted by atomic mass is 32.2. The van der Waals surface area contributed by atoms with E-state index in [2.05, 4.69) is 0 Å². The molecule has 1 saturated carbocycles. The van der Waals surface area contributed by atoms with E-state index in [4.69, 9.17) is 5.73 Å². The summed E-state index contributed by atoms with van der Waals surface area (Å²) in [6.07, 6.45) is 3.35. The monoisotopic (exact) mass is 229 g/mol. The summed E-state index contributed by atoms with van der Waals surface area (Å²) in [5.41, 5.74) is 5.35. The Kier molecular flexibility index (Phi) is 2.73. The molecular weight excluding hydrogens is 216 g/mol. The lowest BCUT2D eigenvalue weighted by Crippen LogP contribution is -2.22. The molecule has 1 aromatic rings. The third kappa shape index (κ3) is 1.66. The van der Waals surface area contributed by atoms with Gasteiger partial charge in [-0.3, -0.25) is 0 Å². The van der Waals surface area contributed by atoms with Crippen molar-refractivity contribution in [3.8, 4) is 0 Å². The third-order valence-electron chi connectivity index (χ3n) is 3.05. The topological polar surface area (TPSA) is 26.0 Å². The zero-order chi connectivity index (χ0) is 11.1. The Bertz CT molecular complexity index is 388. The minimum atomic E-state index is -0.465. The van der Waals surface area contributed by atoms with Gasteiger partial charge in [-0.15, -0.1) is 11.8 Å². The first kappa shape index (κ1) is 10.9. The van der Waals surface area contributed by atoms with Crippen LogP contribution >= 0.6 is 11.8 Å². The zero-order valence-electron chi connectivity index (χ0n) is 8.52. The Hall–Kier alpha value is -0.610. The number of thioether (sulfide) groups is 1. The van der Waals surface area contributed by atoms with Crippen molar-refractivity contribution in [1.29, 1.82) is 0 Å². The minimum absolute atomic E-state index is 0.192. The molecule has 0 atom stereocenters. The van der Waals surface area contributed by atoms with Crippen LogP contribution < -0.4 is 5.73 Å². The lowest BCUT2D eigenvalue weighted by atomic mass is 9.95. The summed E-state index contributed by atoms with van der Waals surface area (Å²) in [6.45, 7) is 0.318. The van der Waals surface area contributed by atoms with E-state index < -0.39 is 17.0 Å². The number of hydrogen-bond donors (Lipinski definition) is 1. The summed E-state index contributed by atoms with van der Waals surface area (Å²) in [5, 5.41) is 0. The Morgan fingerprint density at radius 2 is 2.07 bits per heavy atom. The average Bonchev–Trinajstić information content (AvgIpc) is 2.99. The van der Waals surface area contributed by atoms with E-state index in [1.807, 2.05) is 0 Å². The molecule has 0 heterocycles. The van der Waals surface area contributed by atoms with E-state index in [0.29, 0.717) is 11.4 Å². The molecule has 0 bridgehead atoms. The number of benzene rings is 1. The Morgan fingerprint density at radius 3 is 2.53 bits per heavy atom. The van der Waals surface area contributed by atoms with Gasteiger partial charge >= 0.3 is 0 Å². The van der Waals surface area contributed by atoms with Crippen LogP contribution in [-0.2, 0) is 5.41 Å². The molecular formula is C11H13F2NS. The molecule has 2 N–H and O–H groups in total. The highest BCUT2D eigenvalue weighted by Crippen LogP contribution is 2.50. The highest BCUT2D eigenvalue weighted by molar-refractivity contribution is 7.98. The molecule has 1 fully saturated rings. The van der Waals surface area contributed by atoms with Gasteiger partial charge in [-0.25, -0.2) is 8.78 Å². The largest absolute Gasteiger partial charge is 0.330 e. The number of nitrogens with two attached hydrogens (primary N) is 1. The van der Waals surface area contributed by atoms with Crippen molar-refractivity contribution in [2.75, 3.05) is 12.8 Å². The molecule has 0 aliphatic heterocycles. The van der Waals surface area contributed by atoms with Crippen molar-refractivity contribution in [3.05, 3.63) is 29.3 Å². The molecule has 4 heteroatoms. The van der Waals surface area contributed by atoms with Gasteiger partial charge in [0, 0.05) is 22.4 Å². The molecule has 1 aromatic carbocycles. The van der Waals surface area contributed by atoms with Crippen LogP contribution in [0.15, 0.2) is 17.0 Å². The van der Waals surface area contributed by atoms with E-state index in [1.54, 1.807) is 6.26 Å². The second kappa shape index (κ2) is 3.76. The van der Waals surface area contributed by atoms with Gasteiger partial charge in [0.15, 0.2) is 0 Å². The number of rotatable bonds is 3. The predicted octanol–water partition coefficient (Wildman–Crippen LogP) is 2.68. The molecule has 2 rings (SSSR count). The van der Waals surface area contributed by atoms with Crippen molar-refractivity contribution in [1.82, 2.24) is 0 Å². The van der Waals surface area contributed by atoms with Crippen LogP contribution in [0.25, 0.3) is 0 Å². The number of halogens is 2. The van der Waals surface area contributed by atoms with Crippen LogP contribution in [0.2, 0.25) is 0 Å². The predicted molar refractivity (Wildman–Crippen MR) is 58.1 cm³/mol. The molecule has 1 aliphatic carbocycles. The normalized spacial score (nSPS) is 17.9. The fourth-order valence-electron chi connectivity index (χ4n) is 1.88. The van der Waals surface area contributed by atoms with Gasteiger partial charge in [-0.1, -0.05) is 0 Å². The minimum Gasteiger partial charge on any atom is -0.330 e. The second-order valence-corrected chi connectivity index (χ2v) is 4.77. The first-order valence-corrected chi connectivity index (χ1v) is 6.09. The Morgan fingerprint density at radius 1 is 1.40 bits per heavy atom. The summed E-state index contributed by atoms with van der Waals surface area (Å²) in [7, 11) is 0. The van der Waals surface area contributed by atoms with Crippen molar-refractivity contribution in [3.63, 3.8) is 0 Å². The van der Waals surface area contributed by atoms with Crippen molar-refractivity contribution in [2.45, 2.75) is 23.2 Å². The van der Waals surface area contributed by atoms with Crippen LogP contribution in [0.3, 0.4) is 0 Å². The van der Waals surface area contributed by atoms with Gasteiger partial charge in [-0.05, 0) is 31.2 Å². The van der Waals surface area contributed by atoms with Gasteiger partial charge in [0.05, 0.1) is 0 Å². The molecule has 82 valence electrons. The SMILES string of the molecule is CSc1ccc(F)c(C2(CN)CC2)c1F. The molecule has 1 nitrogen and oxygen atoms in total. The van der Waals surface area contributed by atoms with Crippen LogP contribution in [0, 0.1) is 11.6 Å². The molecule has 0 saturated heterocycles. The van der Waals surface area contributed by atoms with Crippen LogP contribution in [-0.4, -0.2) is 12.8 Å². The van der Waals surface area contributed by atoms with E-state index in [9.17, 15) is 8.78 Å². The van der Waals surface area contributed by atoms with Crippen molar-refractivity contribution < 1.29 is 8.78 Å². The van der Waals surface area contributed by atoms with Gasteiger partial charge in [-0.2, -0.15) is 0 Å². The maximum atomic E-state index is 13.9. The molecule has 15 heavy (non-hydrogen) atoms. The summed E-state index contributed by atoms with van der Waals surface area (Å²) in [4.78, 5) is 0.492. The summed E-state index contributed by atoms with van der Waals surface area (Å²) in [5.74, 6) is -0.890. The van der Waals surface area contributed by atoms with E-state index in [-0.39, 0.29) is 5.56 Å². The molecule has 0 radical (unpaired) electrons. The molecule has 0 aromatic heterocycles. The highest BCUT2D eigenvalue weighted by Gasteiger charge is 2.47. The standard InChI is InChI=1S/C11H13F2NS/c1-15-8-3-2-7(12)9(10(8)13)11(6-14)4-5-11/h2-3H,4-6,14H2,1H3. The second-order valence-electron chi connectivity index (χ2n) is 3.92. The third-order valence-corrected chi connectivity index (χ3v) is 3.81. The summed E-state index contributed by atoms with van der Waals surface area (Å²) >= 11 is 1.29. The number of hydrogen-bond acceptors (Lipinski definition) is 2. The zero-order valence-corrected chi connectivity index (χ0v) is 9.33. The smallest absolute Gasteiger partial charge is 0.143 e. The van der Waals surface area contributed by atoms with Gasteiger partial charge in [0.25, 0.3) is 0 Å². The first-order valence-electron chi connectivity index (χ1n) is 4.87. The van der Waals surface area contributed by atoms with Crippen LogP contribution in [0.5, 0.6) is 0 Å². The lowest BCUT2D eigenvalue weighted by molar-refractivity contribution is 0.503. The first-order chi connectivity index (χ1) is 7.14. The maximum absolute atomic E-state index is 13.9. The van der Waals surface area contributed by atoms with Crippen molar-refractivity contribution in [2.24, 2.45) is 5.73 Å². The summed E-state index contributed by atoms with van der Waals surface area (Å²) < 4.78 is 27.5. The Balaban J connectivity index is 2.54. The van der Waals surface area contributed by atoms with Crippen LogP contribution in [0.4, 0.5) is 8.78 Å². The van der Waals surface area contributed by atoms with E-state index in [0.717, 1.165) is 12.8 Å². The lowest BCUT2D eigenvalue weighted by Gasteiger charge is -2.16. The fourth-order valence-corrected chi connectivity index (χ4v) is 2.37. The molecule has 0 spiro atoms. The average molecular weight is 229 g/mol. The van der Waals surface area contributed by atoms with E-state index >= 15 is 0 Å². The molecule has 0 unspecified atom stereocenters. The fraction of sp³-hybridized carbons (Fsp3) is 0.455. The van der Waals surface area contributed by atoms with Gasteiger partial charge < -0.3 is 5.73 Å². The maximum Gasteiger partial charge on any atom is 0.143 e. The molecule has 1 aliphatic rings. The van der Waals surface area contributed by atoms with Gasteiger partial charge in [0.1, 0.15) is 11.6 Å². The summed E-state index contributed by atoms with van der Waals surface area (Å²) in [6, 6.07) is 2.81. The Labute approximate surface area is 92.0 Å². The van der Waals surface area contributed by atoms with Gasteiger partial charge in [0.2, 0.25) is 0 Å². The quantitative estimate of drug-likeness (QED) is 0.806. The van der Waals surface area contributed by atoms with Crippen molar-refractivity contribution >= 4 is 11.8 Å². The molecule has 0 amide bonds. The van der Waals surface area contributed by atoms with E-state index in [1.165, 1.54) is 23.9 Å².